The highest BCUT2D eigenvalue weighted by Gasteiger charge is 2.34. The molecule has 3 atom stereocenters. The van der Waals surface area contributed by atoms with Crippen LogP contribution in [0, 0.1) is 5.92 Å². The Hall–Kier alpha value is -1.52. The van der Waals surface area contributed by atoms with Crippen molar-refractivity contribution in [3.05, 3.63) is 47.8 Å². The first-order chi connectivity index (χ1) is 9.15. The zero-order valence-corrected chi connectivity index (χ0v) is 10.7. The number of benzene rings is 1. The van der Waals surface area contributed by atoms with Gasteiger partial charge < -0.3 is 0 Å². The molecule has 1 aromatic rings. The number of halogens is 1. The quantitative estimate of drug-likeness (QED) is 0.668. The number of carbonyl (C=O) groups is 1. The molecule has 3 unspecified atom stereocenters. The second-order valence-corrected chi connectivity index (χ2v) is 5.32. The van der Waals surface area contributed by atoms with E-state index in [1.165, 1.54) is 12.0 Å². The SMILES string of the molecule is C=C(F)C(=O)c1ccc(C2CNN3CCC2C3)cc1. The molecule has 19 heavy (non-hydrogen) atoms. The fourth-order valence-corrected chi connectivity index (χ4v) is 3.08. The molecule has 1 aromatic carbocycles. The van der Waals surface area contributed by atoms with E-state index in [4.69, 9.17) is 0 Å². The van der Waals surface area contributed by atoms with Crippen LogP contribution in [0.5, 0.6) is 0 Å². The fraction of sp³-hybridized carbons (Fsp3) is 0.400. The molecule has 0 amide bonds. The molecule has 1 N–H and O–H groups in total. The lowest BCUT2D eigenvalue weighted by Crippen LogP contribution is -2.44. The van der Waals surface area contributed by atoms with Crippen LogP contribution in [-0.4, -0.2) is 30.4 Å². The van der Waals surface area contributed by atoms with E-state index >= 15 is 0 Å². The summed E-state index contributed by atoms with van der Waals surface area (Å²) in [6.45, 7) is 6.18. The van der Waals surface area contributed by atoms with Gasteiger partial charge in [0, 0.05) is 31.1 Å². The summed E-state index contributed by atoms with van der Waals surface area (Å²) < 4.78 is 12.8. The van der Waals surface area contributed by atoms with Gasteiger partial charge in [-0.05, 0) is 17.9 Å². The maximum Gasteiger partial charge on any atom is 0.220 e. The van der Waals surface area contributed by atoms with Gasteiger partial charge in [0.1, 0.15) is 0 Å². The predicted octanol–water partition coefficient (Wildman–Crippen LogP) is 2.28. The van der Waals surface area contributed by atoms with Crippen molar-refractivity contribution in [1.82, 2.24) is 10.4 Å². The van der Waals surface area contributed by atoms with Crippen molar-refractivity contribution in [3.8, 4) is 0 Å². The second kappa shape index (κ2) is 4.87. The Morgan fingerprint density at radius 1 is 1.37 bits per heavy atom. The van der Waals surface area contributed by atoms with Gasteiger partial charge in [-0.1, -0.05) is 30.8 Å². The molecule has 3 rings (SSSR count). The van der Waals surface area contributed by atoms with Crippen LogP contribution in [0.1, 0.15) is 28.3 Å². The first-order valence-electron chi connectivity index (χ1n) is 6.62. The zero-order valence-electron chi connectivity index (χ0n) is 10.7. The minimum atomic E-state index is -0.904. The van der Waals surface area contributed by atoms with Crippen molar-refractivity contribution in [1.29, 1.82) is 0 Å². The van der Waals surface area contributed by atoms with Crippen LogP contribution in [0.4, 0.5) is 4.39 Å². The van der Waals surface area contributed by atoms with E-state index in [2.05, 4.69) is 17.0 Å². The van der Waals surface area contributed by atoms with E-state index in [1.807, 2.05) is 12.1 Å². The Bertz CT molecular complexity index is 511. The van der Waals surface area contributed by atoms with Crippen molar-refractivity contribution in [2.75, 3.05) is 19.6 Å². The van der Waals surface area contributed by atoms with Gasteiger partial charge in [-0.15, -0.1) is 0 Å². The molecule has 0 radical (unpaired) electrons. The monoisotopic (exact) mass is 260 g/mol. The fourth-order valence-electron chi connectivity index (χ4n) is 3.08. The van der Waals surface area contributed by atoms with E-state index in [-0.39, 0.29) is 0 Å². The topological polar surface area (TPSA) is 32.3 Å². The normalized spacial score (nSPS) is 29.2. The van der Waals surface area contributed by atoms with Crippen molar-refractivity contribution in [2.24, 2.45) is 5.92 Å². The van der Waals surface area contributed by atoms with E-state index in [0.29, 0.717) is 17.4 Å². The molecule has 2 bridgehead atoms. The van der Waals surface area contributed by atoms with Crippen LogP contribution in [0.3, 0.4) is 0 Å². The Balaban J connectivity index is 1.79. The van der Waals surface area contributed by atoms with Gasteiger partial charge in [0.2, 0.25) is 5.78 Å². The maximum absolute atomic E-state index is 12.8. The summed E-state index contributed by atoms with van der Waals surface area (Å²) in [7, 11) is 0. The van der Waals surface area contributed by atoms with Gasteiger partial charge in [-0.25, -0.2) is 9.40 Å². The average molecular weight is 260 g/mol. The van der Waals surface area contributed by atoms with E-state index in [0.717, 1.165) is 19.6 Å². The van der Waals surface area contributed by atoms with E-state index < -0.39 is 11.6 Å². The first-order valence-corrected chi connectivity index (χ1v) is 6.62. The highest BCUT2D eigenvalue weighted by atomic mass is 19.1. The first kappa shape index (κ1) is 12.5. The van der Waals surface area contributed by atoms with Crippen LogP contribution in [0.25, 0.3) is 0 Å². The van der Waals surface area contributed by atoms with Crippen LogP contribution in [-0.2, 0) is 0 Å². The molecule has 0 aromatic heterocycles. The van der Waals surface area contributed by atoms with Crippen LogP contribution in [0.2, 0.25) is 0 Å². The molecule has 0 aliphatic carbocycles. The number of carbonyl (C=O) groups excluding carboxylic acids is 1. The molecule has 2 aliphatic rings. The smallest absolute Gasteiger partial charge is 0.220 e. The van der Waals surface area contributed by atoms with Gasteiger partial charge in [0.05, 0.1) is 0 Å². The molecule has 2 aliphatic heterocycles. The lowest BCUT2D eigenvalue weighted by atomic mass is 9.84. The third-order valence-electron chi connectivity index (χ3n) is 4.18. The van der Waals surface area contributed by atoms with Crippen LogP contribution < -0.4 is 5.43 Å². The zero-order chi connectivity index (χ0) is 13.4. The number of hydrogen-bond donors (Lipinski definition) is 1. The summed E-state index contributed by atoms with van der Waals surface area (Å²) in [5, 5.41) is 2.27. The second-order valence-electron chi connectivity index (χ2n) is 5.32. The van der Waals surface area contributed by atoms with Gasteiger partial charge in [-0.2, -0.15) is 0 Å². The third kappa shape index (κ3) is 2.33. The number of Topliss-reactive ketones (excluding diaryl/α,β-unsaturated/α-hetero) is 1. The summed E-state index contributed by atoms with van der Waals surface area (Å²) in [6, 6.07) is 7.28. The summed E-state index contributed by atoms with van der Waals surface area (Å²) in [4.78, 5) is 11.5. The summed E-state index contributed by atoms with van der Waals surface area (Å²) in [5.41, 5.74) is 5.00. The molecular formula is C15H17FN2O. The summed E-state index contributed by atoms with van der Waals surface area (Å²) in [6.07, 6.45) is 1.21. The van der Waals surface area contributed by atoms with Crippen LogP contribution >= 0.6 is 0 Å². The van der Waals surface area contributed by atoms with Crippen LogP contribution in [0.15, 0.2) is 36.7 Å². The Labute approximate surface area is 112 Å². The number of ketones is 1. The average Bonchev–Trinajstić information content (AvgIpc) is 2.80. The van der Waals surface area contributed by atoms with Gasteiger partial charge >= 0.3 is 0 Å². The van der Waals surface area contributed by atoms with Crippen molar-refractivity contribution in [3.63, 3.8) is 0 Å². The molecule has 100 valence electrons. The number of hydrazine groups is 1. The number of nitrogens with zero attached hydrogens (tertiary/aromatic N) is 1. The number of hydrogen-bond acceptors (Lipinski definition) is 3. The summed E-state index contributed by atoms with van der Waals surface area (Å²) in [5.74, 6) is -0.366. The van der Waals surface area contributed by atoms with Crippen molar-refractivity contribution < 1.29 is 9.18 Å². The third-order valence-corrected chi connectivity index (χ3v) is 4.18. The Morgan fingerprint density at radius 2 is 2.11 bits per heavy atom. The highest BCUT2D eigenvalue weighted by molar-refractivity contribution is 6.06. The molecule has 0 saturated carbocycles. The van der Waals surface area contributed by atoms with Gasteiger partial charge in [0.15, 0.2) is 5.83 Å². The molecular weight excluding hydrogens is 243 g/mol. The van der Waals surface area contributed by atoms with E-state index in [9.17, 15) is 9.18 Å². The molecule has 2 saturated heterocycles. The predicted molar refractivity (Wildman–Crippen MR) is 71.4 cm³/mol. The number of fused-ring (bicyclic) bond motifs is 2. The lowest BCUT2D eigenvalue weighted by Gasteiger charge is -2.31. The van der Waals surface area contributed by atoms with Gasteiger partial charge in [-0.3, -0.25) is 10.2 Å². The van der Waals surface area contributed by atoms with Gasteiger partial charge in [0.25, 0.3) is 0 Å². The Morgan fingerprint density at radius 3 is 2.79 bits per heavy atom. The lowest BCUT2D eigenvalue weighted by molar-refractivity contribution is 0.100. The number of allylic oxidation sites excluding steroid dienone is 1. The molecule has 3 nitrogen and oxygen atoms in total. The molecule has 4 heteroatoms. The summed E-state index contributed by atoms with van der Waals surface area (Å²) >= 11 is 0. The number of rotatable bonds is 3. The minimum Gasteiger partial charge on any atom is -0.286 e. The molecule has 2 fully saturated rings. The maximum atomic E-state index is 12.8. The molecule has 2 heterocycles. The van der Waals surface area contributed by atoms with Crippen molar-refractivity contribution in [2.45, 2.75) is 12.3 Å². The standard InChI is InChI=1S/C15H17FN2O/c1-10(16)15(19)12-4-2-11(3-5-12)14-8-17-18-7-6-13(14)9-18/h2-5,13-14,17H,1,6-9H2. The number of nitrogens with one attached hydrogen (secondary N) is 1. The van der Waals surface area contributed by atoms with E-state index in [1.54, 1.807) is 12.1 Å². The Kier molecular flexibility index (Phi) is 3.21. The van der Waals surface area contributed by atoms with Crippen molar-refractivity contribution >= 4 is 5.78 Å². The largest absolute Gasteiger partial charge is 0.286 e. The molecule has 0 spiro atoms. The minimum absolute atomic E-state index is 0.369. The highest BCUT2D eigenvalue weighted by Crippen LogP contribution is 2.34.